The van der Waals surface area contributed by atoms with E-state index < -0.39 is 11.2 Å². The Hall–Kier alpha value is -2.95. The predicted octanol–water partition coefficient (Wildman–Crippen LogP) is -0.515. The fourth-order valence-corrected chi connectivity index (χ4v) is 5.15. The average Bonchev–Trinajstić information content (AvgIpc) is 3.46. The highest BCUT2D eigenvalue weighted by atomic mass is 32.1. The molecule has 10 nitrogen and oxygen atoms in total. The number of rotatable bonds is 3. The molecule has 2 aliphatic rings. The van der Waals surface area contributed by atoms with Crippen LogP contribution >= 0.6 is 11.3 Å². The van der Waals surface area contributed by atoms with E-state index in [0.717, 1.165) is 22.8 Å². The topological polar surface area (TPSA) is 98.3 Å². The maximum absolute atomic E-state index is 12.9. The number of aryl methyl sites for hydroxylation is 1. The van der Waals surface area contributed by atoms with Crippen LogP contribution in [0.1, 0.15) is 0 Å². The van der Waals surface area contributed by atoms with E-state index >= 15 is 0 Å². The summed E-state index contributed by atoms with van der Waals surface area (Å²) >= 11 is 1.64. The summed E-state index contributed by atoms with van der Waals surface area (Å²) in [6.45, 7) is 3.31. The van der Waals surface area contributed by atoms with Crippen LogP contribution in [0.4, 0.5) is 5.13 Å². The number of nitrogens with zero attached hydrogens (tertiary/aromatic N) is 7. The average molecular weight is 415 g/mol. The second-order valence-corrected chi connectivity index (χ2v) is 8.66. The summed E-state index contributed by atoms with van der Waals surface area (Å²) in [5.41, 5.74) is -0.303. The van der Waals surface area contributed by atoms with Crippen LogP contribution in [0.2, 0.25) is 0 Å². The number of amides is 1. The Balaban J connectivity index is 1.33. The summed E-state index contributed by atoms with van der Waals surface area (Å²) in [4.78, 5) is 50.3. The molecule has 2 fully saturated rings. The molecule has 2 aliphatic heterocycles. The molecule has 152 valence electrons. The second-order valence-electron chi connectivity index (χ2n) is 7.79. The van der Waals surface area contributed by atoms with Crippen molar-refractivity contribution in [3.8, 4) is 0 Å². The lowest BCUT2D eigenvalue weighted by Gasteiger charge is -2.21. The summed E-state index contributed by atoms with van der Waals surface area (Å²) in [7, 11) is 3.00. The minimum atomic E-state index is -0.439. The fraction of sp³-hybridized carbons (Fsp3) is 0.500. The molecule has 3 aromatic rings. The molecule has 2 unspecified atom stereocenters. The zero-order chi connectivity index (χ0) is 20.3. The van der Waals surface area contributed by atoms with E-state index in [0.29, 0.717) is 30.6 Å². The number of thiazole rings is 1. The van der Waals surface area contributed by atoms with Crippen molar-refractivity contribution in [2.24, 2.45) is 25.9 Å². The zero-order valence-corrected chi connectivity index (χ0v) is 17.0. The monoisotopic (exact) mass is 415 g/mol. The summed E-state index contributed by atoms with van der Waals surface area (Å²) < 4.78 is 3.92. The minimum absolute atomic E-state index is 0.0320. The van der Waals surface area contributed by atoms with Gasteiger partial charge in [0.1, 0.15) is 6.54 Å². The molecular formula is C18H21N7O3S. The van der Waals surface area contributed by atoms with Gasteiger partial charge in [0.25, 0.3) is 5.56 Å². The number of likely N-dealkylation sites (tertiary alicyclic amines) is 1. The minimum Gasteiger partial charge on any atom is -0.347 e. The lowest BCUT2D eigenvalue weighted by atomic mass is 10.0. The third-order valence-corrected chi connectivity index (χ3v) is 6.88. The van der Waals surface area contributed by atoms with Gasteiger partial charge in [-0.3, -0.25) is 18.7 Å². The van der Waals surface area contributed by atoms with Crippen LogP contribution in [-0.2, 0) is 25.4 Å². The van der Waals surface area contributed by atoms with Crippen molar-refractivity contribution in [3.05, 3.63) is 38.7 Å². The number of fused-ring (bicyclic) bond motifs is 2. The van der Waals surface area contributed by atoms with Gasteiger partial charge >= 0.3 is 5.69 Å². The number of carbonyl (C=O) groups is 1. The van der Waals surface area contributed by atoms with Crippen LogP contribution in [0.15, 0.2) is 27.5 Å². The smallest absolute Gasteiger partial charge is 0.332 e. The molecule has 0 spiro atoms. The Morgan fingerprint density at radius 2 is 1.83 bits per heavy atom. The number of anilines is 1. The first kappa shape index (κ1) is 18.1. The van der Waals surface area contributed by atoms with Crippen LogP contribution < -0.4 is 16.1 Å². The highest BCUT2D eigenvalue weighted by Crippen LogP contribution is 2.34. The van der Waals surface area contributed by atoms with E-state index in [9.17, 15) is 14.4 Å². The number of imidazole rings is 1. The highest BCUT2D eigenvalue weighted by molar-refractivity contribution is 7.13. The first-order chi connectivity index (χ1) is 13.9. The van der Waals surface area contributed by atoms with Crippen LogP contribution in [0, 0.1) is 11.8 Å². The largest absolute Gasteiger partial charge is 0.347 e. The molecular weight excluding hydrogens is 394 g/mol. The molecule has 2 atom stereocenters. The molecule has 5 heterocycles. The highest BCUT2D eigenvalue weighted by Gasteiger charge is 2.42. The molecule has 0 saturated carbocycles. The van der Waals surface area contributed by atoms with Crippen molar-refractivity contribution >= 4 is 33.5 Å². The van der Waals surface area contributed by atoms with Crippen LogP contribution in [-0.4, -0.2) is 60.7 Å². The van der Waals surface area contributed by atoms with Gasteiger partial charge in [0, 0.05) is 63.7 Å². The molecule has 5 rings (SSSR count). The molecule has 3 aromatic heterocycles. The third kappa shape index (κ3) is 2.79. The SMILES string of the molecule is Cn1c(=O)c2c(ncn2CC(=O)N2CC3CN(c4nccs4)CC3C2)n(C)c1=O. The normalized spacial score (nSPS) is 21.3. The molecule has 11 heteroatoms. The second kappa shape index (κ2) is 6.55. The molecule has 0 aliphatic carbocycles. The van der Waals surface area contributed by atoms with Crippen molar-refractivity contribution < 1.29 is 4.79 Å². The molecule has 0 bridgehead atoms. The molecule has 0 aromatic carbocycles. The van der Waals surface area contributed by atoms with Gasteiger partial charge in [-0.15, -0.1) is 11.3 Å². The maximum Gasteiger partial charge on any atom is 0.332 e. The first-order valence-corrected chi connectivity index (χ1v) is 10.3. The van der Waals surface area contributed by atoms with E-state index in [4.69, 9.17) is 0 Å². The van der Waals surface area contributed by atoms with Gasteiger partial charge in [-0.25, -0.2) is 14.8 Å². The van der Waals surface area contributed by atoms with Gasteiger partial charge in [-0.2, -0.15) is 0 Å². The Kier molecular flexibility index (Phi) is 4.09. The molecule has 0 radical (unpaired) electrons. The fourth-order valence-electron chi connectivity index (χ4n) is 4.49. The lowest BCUT2D eigenvalue weighted by molar-refractivity contribution is -0.131. The van der Waals surface area contributed by atoms with Crippen molar-refractivity contribution in [1.29, 1.82) is 0 Å². The molecule has 2 saturated heterocycles. The number of aromatic nitrogens is 5. The van der Waals surface area contributed by atoms with E-state index in [1.807, 2.05) is 16.5 Å². The number of hydrogen-bond donors (Lipinski definition) is 0. The Morgan fingerprint density at radius 3 is 2.48 bits per heavy atom. The standard InChI is InChI=1S/C18H21N7O3S/c1-21-15-14(16(27)22(2)18(21)28)25(10-20-15)9-13(26)23-5-11-7-24(8-12(11)6-23)17-19-3-4-29-17/h3-4,10-12H,5-9H2,1-2H3. The van der Waals surface area contributed by atoms with Gasteiger partial charge in [0.2, 0.25) is 5.91 Å². The summed E-state index contributed by atoms with van der Waals surface area (Å²) in [5.74, 6) is 0.850. The molecule has 1 amide bonds. The van der Waals surface area contributed by atoms with Crippen molar-refractivity contribution in [1.82, 2.24) is 28.6 Å². The van der Waals surface area contributed by atoms with Crippen LogP contribution in [0.25, 0.3) is 11.2 Å². The van der Waals surface area contributed by atoms with Gasteiger partial charge in [0.05, 0.1) is 6.33 Å². The van der Waals surface area contributed by atoms with Gasteiger partial charge in [-0.1, -0.05) is 0 Å². The number of hydrogen-bond acceptors (Lipinski definition) is 7. The quantitative estimate of drug-likeness (QED) is 0.571. The van der Waals surface area contributed by atoms with Gasteiger partial charge < -0.3 is 14.4 Å². The van der Waals surface area contributed by atoms with E-state index in [2.05, 4.69) is 14.9 Å². The molecule has 29 heavy (non-hydrogen) atoms. The third-order valence-electron chi connectivity index (χ3n) is 6.05. The van der Waals surface area contributed by atoms with Crippen molar-refractivity contribution in [2.75, 3.05) is 31.1 Å². The van der Waals surface area contributed by atoms with Crippen LogP contribution in [0.3, 0.4) is 0 Å². The van der Waals surface area contributed by atoms with Gasteiger partial charge in [0.15, 0.2) is 16.3 Å². The van der Waals surface area contributed by atoms with E-state index in [1.165, 1.54) is 17.9 Å². The Labute approximate surface area is 169 Å². The predicted molar refractivity (Wildman–Crippen MR) is 108 cm³/mol. The summed E-state index contributed by atoms with van der Waals surface area (Å²) in [6, 6.07) is 0. The molecule has 0 N–H and O–H groups in total. The van der Waals surface area contributed by atoms with Crippen molar-refractivity contribution in [3.63, 3.8) is 0 Å². The van der Waals surface area contributed by atoms with Crippen LogP contribution in [0.5, 0.6) is 0 Å². The summed E-state index contributed by atoms with van der Waals surface area (Å²) in [5, 5.41) is 3.03. The van der Waals surface area contributed by atoms with Crippen molar-refractivity contribution in [2.45, 2.75) is 6.54 Å². The Morgan fingerprint density at radius 1 is 1.10 bits per heavy atom. The lowest BCUT2D eigenvalue weighted by Crippen LogP contribution is -2.38. The van der Waals surface area contributed by atoms with Gasteiger partial charge in [-0.05, 0) is 0 Å². The van der Waals surface area contributed by atoms with E-state index in [-0.39, 0.29) is 18.0 Å². The maximum atomic E-state index is 12.9. The first-order valence-electron chi connectivity index (χ1n) is 9.47. The summed E-state index contributed by atoms with van der Waals surface area (Å²) in [6.07, 6.45) is 3.28. The van der Waals surface area contributed by atoms with E-state index in [1.54, 1.807) is 23.0 Å². The zero-order valence-electron chi connectivity index (χ0n) is 16.2. The number of carbonyl (C=O) groups excluding carboxylic acids is 1. The Bertz CT molecular complexity index is 1190.